The normalized spacial score (nSPS) is 10.5. The number of nitrogens with zero attached hydrogens (tertiary/aromatic N) is 1. The van der Waals surface area contributed by atoms with Crippen molar-refractivity contribution in [2.75, 3.05) is 7.05 Å². The lowest BCUT2D eigenvalue weighted by molar-refractivity contribution is 0.0946. The highest BCUT2D eigenvalue weighted by molar-refractivity contribution is 9.10. The van der Waals surface area contributed by atoms with Crippen LogP contribution in [0.25, 0.3) is 0 Å². The summed E-state index contributed by atoms with van der Waals surface area (Å²) < 4.78 is 0.892. The van der Waals surface area contributed by atoms with Gasteiger partial charge in [-0.05, 0) is 30.3 Å². The van der Waals surface area contributed by atoms with Crippen molar-refractivity contribution in [3.63, 3.8) is 0 Å². The maximum Gasteiger partial charge on any atom is 0.271 e. The molecule has 0 atom stereocenters. The molecule has 2 aromatic rings. The molecule has 0 bridgehead atoms. The molecule has 5 nitrogen and oxygen atoms in total. The van der Waals surface area contributed by atoms with Gasteiger partial charge in [-0.2, -0.15) is 5.10 Å². The van der Waals surface area contributed by atoms with E-state index in [1.165, 1.54) is 0 Å². The first-order valence-corrected chi connectivity index (χ1v) is 7.31. The molecule has 112 valence electrons. The van der Waals surface area contributed by atoms with E-state index in [-0.39, 0.29) is 11.8 Å². The Hall–Kier alpha value is -2.47. The van der Waals surface area contributed by atoms with Crippen molar-refractivity contribution in [3.8, 4) is 0 Å². The maximum absolute atomic E-state index is 11.9. The molecule has 0 radical (unpaired) electrons. The number of benzene rings is 2. The summed E-state index contributed by atoms with van der Waals surface area (Å²) >= 11 is 3.39. The largest absolute Gasteiger partial charge is 0.355 e. The van der Waals surface area contributed by atoms with Crippen LogP contribution < -0.4 is 10.7 Å². The van der Waals surface area contributed by atoms with E-state index >= 15 is 0 Å². The number of nitrogens with one attached hydrogen (secondary N) is 2. The van der Waals surface area contributed by atoms with Crippen molar-refractivity contribution in [1.29, 1.82) is 0 Å². The molecule has 2 N–H and O–H groups in total. The molecule has 0 aliphatic heterocycles. The monoisotopic (exact) mass is 359 g/mol. The second-order valence-corrected chi connectivity index (χ2v) is 5.23. The fourth-order valence-electron chi connectivity index (χ4n) is 1.72. The molecule has 0 heterocycles. The first-order chi connectivity index (χ1) is 10.6. The molecule has 2 rings (SSSR count). The molecule has 0 fully saturated rings. The smallest absolute Gasteiger partial charge is 0.271 e. The Morgan fingerprint density at radius 2 is 1.59 bits per heavy atom. The van der Waals surface area contributed by atoms with Gasteiger partial charge in [0, 0.05) is 28.2 Å². The Balaban J connectivity index is 2.01. The van der Waals surface area contributed by atoms with Gasteiger partial charge in [-0.25, -0.2) is 5.43 Å². The van der Waals surface area contributed by atoms with Crippen molar-refractivity contribution in [2.45, 2.75) is 0 Å². The van der Waals surface area contributed by atoms with Crippen LogP contribution in [-0.2, 0) is 0 Å². The second-order valence-electron chi connectivity index (χ2n) is 4.38. The van der Waals surface area contributed by atoms with E-state index in [0.717, 1.165) is 10.0 Å². The van der Waals surface area contributed by atoms with Gasteiger partial charge in [0.05, 0.1) is 6.21 Å². The van der Waals surface area contributed by atoms with Gasteiger partial charge in [-0.1, -0.05) is 34.1 Å². The second kappa shape index (κ2) is 7.51. The molecule has 0 spiro atoms. The Labute approximate surface area is 136 Å². The zero-order chi connectivity index (χ0) is 15.9. The molecule has 0 unspecified atom stereocenters. The van der Waals surface area contributed by atoms with Gasteiger partial charge in [-0.3, -0.25) is 9.59 Å². The average molecular weight is 360 g/mol. The van der Waals surface area contributed by atoms with Gasteiger partial charge in [0.1, 0.15) is 0 Å². The summed E-state index contributed by atoms with van der Waals surface area (Å²) in [6.45, 7) is 0. The average Bonchev–Trinajstić information content (AvgIpc) is 2.56. The minimum absolute atomic E-state index is 0.195. The van der Waals surface area contributed by atoms with Crippen LogP contribution in [0.2, 0.25) is 0 Å². The van der Waals surface area contributed by atoms with Gasteiger partial charge in [0.15, 0.2) is 0 Å². The summed E-state index contributed by atoms with van der Waals surface area (Å²) in [5.74, 6) is -0.536. The number of hydrazone groups is 1. The first-order valence-electron chi connectivity index (χ1n) is 6.52. The quantitative estimate of drug-likeness (QED) is 0.650. The molecule has 0 aliphatic carbocycles. The summed E-state index contributed by atoms with van der Waals surface area (Å²) in [4.78, 5) is 23.3. The Bertz CT molecular complexity index is 712. The third-order valence-corrected chi connectivity index (χ3v) is 3.63. The van der Waals surface area contributed by atoms with Crippen LogP contribution >= 0.6 is 15.9 Å². The molecule has 2 aromatic carbocycles. The molecule has 0 saturated heterocycles. The van der Waals surface area contributed by atoms with Crippen molar-refractivity contribution < 1.29 is 9.59 Å². The van der Waals surface area contributed by atoms with Crippen LogP contribution in [0.4, 0.5) is 0 Å². The number of halogens is 1. The van der Waals surface area contributed by atoms with Crippen molar-refractivity contribution in [1.82, 2.24) is 10.7 Å². The molecular formula is C16H14BrN3O2. The minimum atomic E-state index is -0.341. The van der Waals surface area contributed by atoms with E-state index in [4.69, 9.17) is 0 Å². The van der Waals surface area contributed by atoms with E-state index < -0.39 is 0 Å². The zero-order valence-electron chi connectivity index (χ0n) is 11.8. The lowest BCUT2D eigenvalue weighted by Crippen LogP contribution is -2.19. The van der Waals surface area contributed by atoms with Gasteiger partial charge >= 0.3 is 0 Å². The van der Waals surface area contributed by atoms with Gasteiger partial charge < -0.3 is 5.32 Å². The van der Waals surface area contributed by atoms with Crippen molar-refractivity contribution in [3.05, 3.63) is 69.7 Å². The third kappa shape index (κ3) is 4.02. The number of rotatable bonds is 4. The van der Waals surface area contributed by atoms with Gasteiger partial charge in [-0.15, -0.1) is 0 Å². The molecule has 0 saturated carbocycles. The number of hydrogen-bond donors (Lipinski definition) is 2. The molecule has 22 heavy (non-hydrogen) atoms. The van der Waals surface area contributed by atoms with Gasteiger partial charge in [0.2, 0.25) is 0 Å². The molecular weight excluding hydrogens is 346 g/mol. The standard InChI is InChI=1S/C16H14BrN3O2/c1-18-15(21)11-6-8-12(9-7-11)16(22)20-19-10-13-4-2-3-5-14(13)17/h2-10H,1H3,(H,18,21)(H,20,22)/b19-10+. The van der Waals surface area contributed by atoms with E-state index in [0.29, 0.717) is 11.1 Å². The van der Waals surface area contributed by atoms with Crippen LogP contribution in [0, 0.1) is 0 Å². The highest BCUT2D eigenvalue weighted by Crippen LogP contribution is 2.13. The lowest BCUT2D eigenvalue weighted by atomic mass is 10.1. The summed E-state index contributed by atoms with van der Waals surface area (Å²) in [6.07, 6.45) is 1.56. The Morgan fingerprint density at radius 1 is 1.00 bits per heavy atom. The number of carbonyl (C=O) groups excluding carboxylic acids is 2. The first kappa shape index (κ1) is 15.9. The van der Waals surface area contributed by atoms with Gasteiger partial charge in [0.25, 0.3) is 11.8 Å². The number of carbonyl (C=O) groups is 2. The maximum atomic E-state index is 11.9. The highest BCUT2D eigenvalue weighted by Gasteiger charge is 2.07. The van der Waals surface area contributed by atoms with Crippen LogP contribution in [0.5, 0.6) is 0 Å². The van der Waals surface area contributed by atoms with Crippen LogP contribution in [0.3, 0.4) is 0 Å². The van der Waals surface area contributed by atoms with E-state index in [1.807, 2.05) is 24.3 Å². The van der Waals surface area contributed by atoms with Crippen LogP contribution in [0.1, 0.15) is 26.3 Å². The lowest BCUT2D eigenvalue weighted by Gasteiger charge is -2.02. The van der Waals surface area contributed by atoms with Crippen molar-refractivity contribution in [2.24, 2.45) is 5.10 Å². The molecule has 0 aromatic heterocycles. The summed E-state index contributed by atoms with van der Waals surface area (Å²) in [6, 6.07) is 13.9. The minimum Gasteiger partial charge on any atom is -0.355 e. The van der Waals surface area contributed by atoms with E-state index in [9.17, 15) is 9.59 Å². The predicted octanol–water partition coefficient (Wildman–Crippen LogP) is 2.57. The molecule has 6 heteroatoms. The summed E-state index contributed by atoms with van der Waals surface area (Å²) in [5, 5.41) is 6.44. The Morgan fingerprint density at radius 3 is 2.18 bits per heavy atom. The van der Waals surface area contributed by atoms with Crippen molar-refractivity contribution >= 4 is 34.0 Å². The predicted molar refractivity (Wildman–Crippen MR) is 89.0 cm³/mol. The van der Waals surface area contributed by atoms with E-state index in [2.05, 4.69) is 31.8 Å². The Kier molecular flexibility index (Phi) is 5.43. The molecule has 2 amide bonds. The SMILES string of the molecule is CNC(=O)c1ccc(C(=O)N/N=C/c2ccccc2Br)cc1. The number of amides is 2. The van der Waals surface area contributed by atoms with E-state index in [1.54, 1.807) is 37.5 Å². The summed E-state index contributed by atoms with van der Waals surface area (Å²) in [7, 11) is 1.55. The van der Waals surface area contributed by atoms with Crippen LogP contribution in [0.15, 0.2) is 58.1 Å². The fourth-order valence-corrected chi connectivity index (χ4v) is 2.11. The topological polar surface area (TPSA) is 70.6 Å². The highest BCUT2D eigenvalue weighted by atomic mass is 79.9. The third-order valence-electron chi connectivity index (χ3n) is 2.91. The van der Waals surface area contributed by atoms with Crippen LogP contribution in [-0.4, -0.2) is 25.1 Å². The molecule has 0 aliphatic rings. The fraction of sp³-hybridized carbons (Fsp3) is 0.0625. The summed E-state index contributed by atoms with van der Waals surface area (Å²) in [5.41, 5.74) is 4.23. The zero-order valence-corrected chi connectivity index (χ0v) is 13.4. The number of hydrogen-bond acceptors (Lipinski definition) is 3.